The fourth-order valence-corrected chi connectivity index (χ4v) is 0.647. The van der Waals surface area contributed by atoms with E-state index in [0.717, 1.165) is 0 Å². The van der Waals surface area contributed by atoms with E-state index in [1.54, 1.807) is 0 Å². The third-order valence-corrected chi connectivity index (χ3v) is 1.12. The Kier molecular flexibility index (Phi) is 1.44. The standard InChI is InChI=1S/C5H5OSi/c7-6-5-3-1-2-4-5/h1-5H. The van der Waals surface area contributed by atoms with Crippen molar-refractivity contribution < 1.29 is 4.43 Å². The summed E-state index contributed by atoms with van der Waals surface area (Å²) in [7, 11) is 2.92. The highest BCUT2D eigenvalue weighted by Gasteiger charge is 1.96. The number of allylic oxidation sites excluding steroid dienone is 2. The van der Waals surface area contributed by atoms with E-state index in [2.05, 4.69) is 10.5 Å². The van der Waals surface area contributed by atoms with Gasteiger partial charge in [0.2, 0.25) is 10.5 Å². The van der Waals surface area contributed by atoms with Gasteiger partial charge in [-0.3, -0.25) is 0 Å². The lowest BCUT2D eigenvalue weighted by molar-refractivity contribution is 0.330. The second-order valence-electron chi connectivity index (χ2n) is 1.35. The van der Waals surface area contributed by atoms with Gasteiger partial charge in [0.1, 0.15) is 0 Å². The van der Waals surface area contributed by atoms with Gasteiger partial charge in [0, 0.05) is 0 Å². The molecule has 0 aromatic carbocycles. The Morgan fingerprint density at radius 1 is 1.29 bits per heavy atom. The molecule has 0 spiro atoms. The van der Waals surface area contributed by atoms with E-state index < -0.39 is 0 Å². The smallest absolute Gasteiger partial charge is 0.247 e. The van der Waals surface area contributed by atoms with Crippen molar-refractivity contribution in [3.63, 3.8) is 0 Å². The fraction of sp³-hybridized carbons (Fsp3) is 0.200. The molecule has 0 aromatic rings. The van der Waals surface area contributed by atoms with Gasteiger partial charge in [0.05, 0.1) is 6.10 Å². The largest absolute Gasteiger partial charge is 0.409 e. The van der Waals surface area contributed by atoms with Crippen molar-refractivity contribution in [2.75, 3.05) is 0 Å². The normalized spacial score (nSPS) is 19.0. The van der Waals surface area contributed by atoms with Crippen LogP contribution < -0.4 is 0 Å². The van der Waals surface area contributed by atoms with Gasteiger partial charge in [-0.1, -0.05) is 24.3 Å². The Hall–Kier alpha value is -0.343. The first kappa shape index (κ1) is 4.81. The molecule has 0 unspecified atom stereocenters. The molecule has 0 atom stereocenters. The molecular weight excluding hydrogens is 104 g/mol. The van der Waals surface area contributed by atoms with E-state index in [-0.39, 0.29) is 6.10 Å². The van der Waals surface area contributed by atoms with E-state index in [1.165, 1.54) is 0 Å². The highest BCUT2D eigenvalue weighted by molar-refractivity contribution is 5.98. The topological polar surface area (TPSA) is 9.23 Å². The van der Waals surface area contributed by atoms with Gasteiger partial charge >= 0.3 is 0 Å². The molecule has 7 heavy (non-hydrogen) atoms. The van der Waals surface area contributed by atoms with E-state index in [0.29, 0.717) is 0 Å². The SMILES string of the molecule is [Si]OC1C=CC=C1. The summed E-state index contributed by atoms with van der Waals surface area (Å²) in [5.74, 6) is 0. The summed E-state index contributed by atoms with van der Waals surface area (Å²) in [5, 5.41) is 0. The Balaban J connectivity index is 2.44. The first-order valence-electron chi connectivity index (χ1n) is 2.11. The second-order valence-corrected chi connectivity index (χ2v) is 1.59. The number of rotatable bonds is 1. The molecule has 0 N–H and O–H groups in total. The van der Waals surface area contributed by atoms with Crippen molar-refractivity contribution in [3.05, 3.63) is 24.3 Å². The minimum Gasteiger partial charge on any atom is -0.409 e. The summed E-state index contributed by atoms with van der Waals surface area (Å²) in [4.78, 5) is 0. The van der Waals surface area contributed by atoms with E-state index in [4.69, 9.17) is 4.43 Å². The maximum absolute atomic E-state index is 4.74. The molecule has 1 rings (SSSR count). The molecular formula is C5H5OSi. The molecule has 0 saturated heterocycles. The molecule has 2 heteroatoms. The summed E-state index contributed by atoms with van der Waals surface area (Å²) in [6.07, 6.45) is 7.95. The Labute approximate surface area is 46.2 Å². The molecule has 0 amide bonds. The third-order valence-electron chi connectivity index (χ3n) is 0.849. The molecule has 0 aliphatic heterocycles. The van der Waals surface area contributed by atoms with Crippen LogP contribution in [-0.4, -0.2) is 16.6 Å². The van der Waals surface area contributed by atoms with Crippen LogP contribution in [0.25, 0.3) is 0 Å². The van der Waals surface area contributed by atoms with Crippen LogP contribution >= 0.6 is 0 Å². The van der Waals surface area contributed by atoms with Gasteiger partial charge in [0.15, 0.2) is 0 Å². The third kappa shape index (κ3) is 1.01. The molecule has 1 nitrogen and oxygen atoms in total. The summed E-state index contributed by atoms with van der Waals surface area (Å²) in [6, 6.07) is 0. The van der Waals surface area contributed by atoms with E-state index >= 15 is 0 Å². The molecule has 0 fully saturated rings. The van der Waals surface area contributed by atoms with Crippen LogP contribution in [0.3, 0.4) is 0 Å². The summed E-state index contributed by atoms with van der Waals surface area (Å²) in [5.41, 5.74) is 0. The quantitative estimate of drug-likeness (QED) is 0.448. The van der Waals surface area contributed by atoms with E-state index in [1.807, 2.05) is 24.3 Å². The second kappa shape index (κ2) is 2.09. The van der Waals surface area contributed by atoms with Crippen LogP contribution in [0.5, 0.6) is 0 Å². The van der Waals surface area contributed by atoms with Crippen LogP contribution in [0.15, 0.2) is 24.3 Å². The van der Waals surface area contributed by atoms with Crippen molar-refractivity contribution in [3.8, 4) is 0 Å². The molecule has 35 valence electrons. The molecule has 0 saturated carbocycles. The average molecular weight is 109 g/mol. The van der Waals surface area contributed by atoms with Crippen LogP contribution in [0.2, 0.25) is 0 Å². The zero-order chi connectivity index (χ0) is 5.11. The Morgan fingerprint density at radius 2 is 1.86 bits per heavy atom. The lowest BCUT2D eigenvalue weighted by Crippen LogP contribution is -1.99. The lowest BCUT2D eigenvalue weighted by Gasteiger charge is -1.97. The van der Waals surface area contributed by atoms with Crippen molar-refractivity contribution in [1.29, 1.82) is 0 Å². The predicted octanol–water partition coefficient (Wildman–Crippen LogP) is 0.581. The van der Waals surface area contributed by atoms with Crippen molar-refractivity contribution in [1.82, 2.24) is 0 Å². The molecule has 1 aliphatic rings. The summed E-state index contributed by atoms with van der Waals surface area (Å²) in [6.45, 7) is 0. The minimum absolute atomic E-state index is 0.150. The highest BCUT2D eigenvalue weighted by Crippen LogP contribution is 2.00. The number of hydrogen-bond acceptors (Lipinski definition) is 1. The van der Waals surface area contributed by atoms with Gasteiger partial charge in [-0.25, -0.2) is 0 Å². The summed E-state index contributed by atoms with van der Waals surface area (Å²) < 4.78 is 4.74. The lowest BCUT2D eigenvalue weighted by atomic mass is 10.4. The number of hydrogen-bond donors (Lipinski definition) is 0. The van der Waals surface area contributed by atoms with Gasteiger partial charge in [-0.2, -0.15) is 0 Å². The molecule has 1 aliphatic carbocycles. The van der Waals surface area contributed by atoms with Crippen molar-refractivity contribution in [2.45, 2.75) is 6.10 Å². The van der Waals surface area contributed by atoms with Crippen molar-refractivity contribution >= 4 is 10.5 Å². The maximum Gasteiger partial charge on any atom is 0.247 e. The van der Waals surface area contributed by atoms with E-state index in [9.17, 15) is 0 Å². The van der Waals surface area contributed by atoms with Crippen LogP contribution in [-0.2, 0) is 4.43 Å². The van der Waals surface area contributed by atoms with Crippen LogP contribution in [0, 0.1) is 0 Å². The van der Waals surface area contributed by atoms with Gasteiger partial charge < -0.3 is 4.43 Å². The predicted molar refractivity (Wildman–Crippen MR) is 28.9 cm³/mol. The Morgan fingerprint density at radius 3 is 2.14 bits per heavy atom. The average Bonchev–Trinajstić information content (AvgIpc) is 2.14. The van der Waals surface area contributed by atoms with Crippen molar-refractivity contribution in [2.24, 2.45) is 0 Å². The molecule has 0 heterocycles. The molecule has 3 radical (unpaired) electrons. The highest BCUT2D eigenvalue weighted by atomic mass is 28.2. The monoisotopic (exact) mass is 109 g/mol. The first-order valence-corrected chi connectivity index (χ1v) is 2.51. The molecule has 0 bridgehead atoms. The first-order chi connectivity index (χ1) is 3.43. The van der Waals surface area contributed by atoms with Gasteiger partial charge in [-0.05, 0) is 0 Å². The molecule has 0 aromatic heterocycles. The zero-order valence-corrected chi connectivity index (χ0v) is 4.79. The Bertz CT molecular complexity index is 94.6. The fourth-order valence-electron chi connectivity index (χ4n) is 0.490. The summed E-state index contributed by atoms with van der Waals surface area (Å²) >= 11 is 0. The minimum atomic E-state index is 0.150. The van der Waals surface area contributed by atoms with Crippen LogP contribution in [0.1, 0.15) is 0 Å². The van der Waals surface area contributed by atoms with Gasteiger partial charge in [0.25, 0.3) is 0 Å². The van der Waals surface area contributed by atoms with Gasteiger partial charge in [-0.15, -0.1) is 0 Å². The van der Waals surface area contributed by atoms with Crippen LogP contribution in [0.4, 0.5) is 0 Å². The zero-order valence-electron chi connectivity index (χ0n) is 3.79. The maximum atomic E-state index is 4.74.